The van der Waals surface area contributed by atoms with E-state index >= 15 is 0 Å². The Morgan fingerprint density at radius 2 is 1.72 bits per heavy atom. The molecule has 0 nitrogen and oxygen atoms in total. The largest absolute Gasteiger partial charge is 0.126 e. The molecular weight excluding hydrogens is 263 g/mol. The van der Waals surface area contributed by atoms with Gasteiger partial charge in [-0.1, -0.05) is 68.3 Å². The van der Waals surface area contributed by atoms with Crippen molar-refractivity contribution in [2.75, 3.05) is 5.88 Å². The minimum Gasteiger partial charge on any atom is -0.126 e. The quantitative estimate of drug-likeness (QED) is 0.491. The van der Waals surface area contributed by atoms with Crippen LogP contribution in [0.15, 0.2) is 24.3 Å². The van der Waals surface area contributed by atoms with Crippen LogP contribution < -0.4 is 0 Å². The summed E-state index contributed by atoms with van der Waals surface area (Å²) in [6.45, 7) is 0. The summed E-state index contributed by atoms with van der Waals surface area (Å²) in [7, 11) is 0. The van der Waals surface area contributed by atoms with Crippen LogP contribution in [0, 0.1) is 11.8 Å². The summed E-state index contributed by atoms with van der Waals surface area (Å²) in [6.07, 6.45) is 9.29. The van der Waals surface area contributed by atoms with Crippen LogP contribution in [-0.2, 0) is 6.42 Å². The topological polar surface area (TPSA) is 0 Å². The lowest BCUT2D eigenvalue weighted by Crippen LogP contribution is -2.18. The van der Waals surface area contributed by atoms with Crippen molar-refractivity contribution in [3.63, 3.8) is 0 Å². The first kappa shape index (κ1) is 14.2. The van der Waals surface area contributed by atoms with Crippen LogP contribution >= 0.6 is 23.2 Å². The van der Waals surface area contributed by atoms with E-state index in [-0.39, 0.29) is 0 Å². The molecule has 0 bridgehead atoms. The van der Waals surface area contributed by atoms with Gasteiger partial charge in [-0.3, -0.25) is 0 Å². The highest BCUT2D eigenvalue weighted by Gasteiger charge is 2.22. The Kier molecular flexibility index (Phi) is 5.85. The highest BCUT2D eigenvalue weighted by molar-refractivity contribution is 6.31. The summed E-state index contributed by atoms with van der Waals surface area (Å²) in [5.41, 5.74) is 1.26. The van der Waals surface area contributed by atoms with Gasteiger partial charge in [0.1, 0.15) is 0 Å². The Morgan fingerprint density at radius 3 is 2.33 bits per heavy atom. The van der Waals surface area contributed by atoms with E-state index in [1.807, 2.05) is 12.1 Å². The fourth-order valence-corrected chi connectivity index (χ4v) is 3.65. The molecule has 0 N–H and O–H groups in total. The van der Waals surface area contributed by atoms with Crippen molar-refractivity contribution < 1.29 is 0 Å². The molecule has 0 amide bonds. The predicted molar refractivity (Wildman–Crippen MR) is 80.6 cm³/mol. The Labute approximate surface area is 121 Å². The average molecular weight is 285 g/mol. The zero-order valence-electron chi connectivity index (χ0n) is 10.9. The molecule has 0 spiro atoms. The molecule has 0 saturated heterocycles. The second kappa shape index (κ2) is 7.40. The Balaban J connectivity index is 2.02. The third-order valence-corrected chi connectivity index (χ3v) is 4.97. The van der Waals surface area contributed by atoms with Crippen LogP contribution in [0.5, 0.6) is 0 Å². The van der Waals surface area contributed by atoms with Gasteiger partial charge < -0.3 is 0 Å². The van der Waals surface area contributed by atoms with Gasteiger partial charge in [0.25, 0.3) is 0 Å². The maximum Gasteiger partial charge on any atom is 0.0438 e. The van der Waals surface area contributed by atoms with E-state index in [1.54, 1.807) is 0 Å². The van der Waals surface area contributed by atoms with E-state index < -0.39 is 0 Å². The van der Waals surface area contributed by atoms with Gasteiger partial charge >= 0.3 is 0 Å². The highest BCUT2D eigenvalue weighted by Crippen LogP contribution is 2.33. The highest BCUT2D eigenvalue weighted by atomic mass is 35.5. The maximum absolute atomic E-state index is 6.25. The molecule has 1 aliphatic carbocycles. The molecule has 1 fully saturated rings. The number of hydrogen-bond donors (Lipinski definition) is 0. The lowest BCUT2D eigenvalue weighted by atomic mass is 9.83. The van der Waals surface area contributed by atoms with Gasteiger partial charge in [0, 0.05) is 10.9 Å². The van der Waals surface area contributed by atoms with Crippen molar-refractivity contribution in [2.45, 2.75) is 44.9 Å². The van der Waals surface area contributed by atoms with Crippen LogP contribution in [0.25, 0.3) is 0 Å². The van der Waals surface area contributed by atoms with E-state index in [2.05, 4.69) is 12.1 Å². The summed E-state index contributed by atoms with van der Waals surface area (Å²) in [4.78, 5) is 0. The van der Waals surface area contributed by atoms with Gasteiger partial charge in [0.2, 0.25) is 0 Å². The summed E-state index contributed by atoms with van der Waals surface area (Å²) < 4.78 is 0. The van der Waals surface area contributed by atoms with E-state index in [0.29, 0.717) is 5.92 Å². The number of hydrogen-bond acceptors (Lipinski definition) is 0. The van der Waals surface area contributed by atoms with Gasteiger partial charge in [-0.2, -0.15) is 0 Å². The summed E-state index contributed by atoms with van der Waals surface area (Å²) in [5.74, 6) is 2.14. The number of alkyl halides is 1. The van der Waals surface area contributed by atoms with Crippen LogP contribution in [0.4, 0.5) is 0 Å². The van der Waals surface area contributed by atoms with Crippen molar-refractivity contribution in [3.05, 3.63) is 34.9 Å². The molecule has 1 unspecified atom stereocenters. The molecule has 0 heterocycles. The number of halogens is 2. The van der Waals surface area contributed by atoms with Crippen molar-refractivity contribution in [1.29, 1.82) is 0 Å². The first-order valence-corrected chi connectivity index (χ1v) is 8.02. The third kappa shape index (κ3) is 3.90. The molecule has 1 aliphatic rings. The average Bonchev–Trinajstić information content (AvgIpc) is 2.67. The molecule has 0 radical (unpaired) electrons. The Morgan fingerprint density at radius 1 is 1.06 bits per heavy atom. The number of rotatable bonds is 4. The summed E-state index contributed by atoms with van der Waals surface area (Å²) in [6, 6.07) is 8.18. The predicted octanol–water partition coefficient (Wildman–Crippen LogP) is 5.71. The molecule has 2 rings (SSSR count). The molecule has 0 aliphatic heterocycles. The summed E-state index contributed by atoms with van der Waals surface area (Å²) in [5, 5.41) is 0.890. The normalized spacial score (nSPS) is 19.4. The second-order valence-corrected chi connectivity index (χ2v) is 6.18. The standard InChI is InChI=1S/C16H22Cl2/c17-12-15(13-7-3-1-2-4-8-13)11-14-9-5-6-10-16(14)18/h5-6,9-10,13,15H,1-4,7-8,11-12H2. The zero-order chi connectivity index (χ0) is 12.8. The third-order valence-electron chi connectivity index (χ3n) is 4.20. The molecule has 1 aromatic carbocycles. The minimum absolute atomic E-state index is 0.588. The van der Waals surface area contributed by atoms with Crippen LogP contribution in [0.3, 0.4) is 0 Å². The monoisotopic (exact) mass is 284 g/mol. The minimum atomic E-state index is 0.588. The molecule has 18 heavy (non-hydrogen) atoms. The van der Waals surface area contributed by atoms with Crippen molar-refractivity contribution >= 4 is 23.2 Å². The van der Waals surface area contributed by atoms with Gasteiger partial charge in [-0.15, -0.1) is 11.6 Å². The van der Waals surface area contributed by atoms with Crippen LogP contribution in [0.2, 0.25) is 5.02 Å². The van der Waals surface area contributed by atoms with Gasteiger partial charge in [0.05, 0.1) is 0 Å². The van der Waals surface area contributed by atoms with Crippen molar-refractivity contribution in [3.8, 4) is 0 Å². The van der Waals surface area contributed by atoms with E-state index in [9.17, 15) is 0 Å². The molecule has 100 valence electrons. The Hall–Kier alpha value is -0.200. The first-order valence-electron chi connectivity index (χ1n) is 7.10. The van der Waals surface area contributed by atoms with Gasteiger partial charge in [-0.25, -0.2) is 0 Å². The van der Waals surface area contributed by atoms with E-state index in [4.69, 9.17) is 23.2 Å². The second-order valence-electron chi connectivity index (χ2n) is 5.46. The smallest absolute Gasteiger partial charge is 0.0438 e. The van der Waals surface area contributed by atoms with E-state index in [1.165, 1.54) is 44.1 Å². The van der Waals surface area contributed by atoms with Crippen molar-refractivity contribution in [2.24, 2.45) is 11.8 Å². The summed E-state index contributed by atoms with van der Waals surface area (Å²) >= 11 is 12.5. The van der Waals surface area contributed by atoms with Crippen LogP contribution in [-0.4, -0.2) is 5.88 Å². The lowest BCUT2D eigenvalue weighted by Gasteiger charge is -2.24. The van der Waals surface area contributed by atoms with E-state index in [0.717, 1.165) is 23.2 Å². The SMILES string of the molecule is ClCC(Cc1ccccc1Cl)C1CCCCCC1. The number of benzene rings is 1. The fraction of sp³-hybridized carbons (Fsp3) is 0.625. The van der Waals surface area contributed by atoms with Crippen molar-refractivity contribution in [1.82, 2.24) is 0 Å². The lowest BCUT2D eigenvalue weighted by molar-refractivity contribution is 0.321. The zero-order valence-corrected chi connectivity index (χ0v) is 12.4. The van der Waals surface area contributed by atoms with Gasteiger partial charge in [-0.05, 0) is 29.9 Å². The molecule has 1 aromatic rings. The Bertz CT molecular complexity index is 354. The van der Waals surface area contributed by atoms with Crippen LogP contribution in [0.1, 0.15) is 44.1 Å². The molecular formula is C16H22Cl2. The molecule has 1 saturated carbocycles. The molecule has 0 aromatic heterocycles. The molecule has 2 heteroatoms. The fourth-order valence-electron chi connectivity index (χ4n) is 3.08. The first-order chi connectivity index (χ1) is 8.81. The maximum atomic E-state index is 6.25. The molecule has 1 atom stereocenters. The van der Waals surface area contributed by atoms with Gasteiger partial charge in [0.15, 0.2) is 0 Å².